The molecule has 1 aliphatic heterocycles. The molecule has 3 heteroatoms. The molecule has 0 aromatic heterocycles. The molecule has 1 heterocycles. The zero-order valence-corrected chi connectivity index (χ0v) is 8.81. The number of nitrogens with two attached hydrogens (primary N) is 1. The van der Waals surface area contributed by atoms with Crippen molar-refractivity contribution in [2.75, 3.05) is 13.1 Å². The third-order valence-corrected chi connectivity index (χ3v) is 2.82. The van der Waals surface area contributed by atoms with Crippen LogP contribution in [0, 0.1) is 12.7 Å². The van der Waals surface area contributed by atoms with Crippen LogP contribution < -0.4 is 11.1 Å². The molecule has 0 bridgehead atoms. The Morgan fingerprint density at radius 1 is 1.40 bits per heavy atom. The van der Waals surface area contributed by atoms with Gasteiger partial charge in [0, 0.05) is 18.8 Å². The van der Waals surface area contributed by atoms with E-state index in [1.807, 2.05) is 13.0 Å². The standard InChI is InChI=1S/C12H15FN2/c1-8-2-3-11(13)5-9(8)4-10-6-15-7-12(10)14/h2-3,5,15H,4,6-7,14H2,1H3. The number of rotatable bonds is 2. The number of hydrogen-bond donors (Lipinski definition) is 2. The van der Waals surface area contributed by atoms with Gasteiger partial charge in [-0.25, -0.2) is 4.39 Å². The van der Waals surface area contributed by atoms with Gasteiger partial charge in [-0.2, -0.15) is 0 Å². The van der Waals surface area contributed by atoms with Crippen LogP contribution in [0.2, 0.25) is 0 Å². The van der Waals surface area contributed by atoms with E-state index in [9.17, 15) is 4.39 Å². The Balaban J connectivity index is 2.24. The highest BCUT2D eigenvalue weighted by atomic mass is 19.1. The number of halogens is 1. The lowest BCUT2D eigenvalue weighted by Crippen LogP contribution is -2.11. The number of aryl methyl sites for hydroxylation is 1. The molecule has 2 rings (SSSR count). The molecule has 15 heavy (non-hydrogen) atoms. The van der Waals surface area contributed by atoms with Gasteiger partial charge in [0.05, 0.1) is 0 Å². The Bertz CT molecular complexity index is 410. The highest BCUT2D eigenvalue weighted by molar-refractivity contribution is 5.33. The van der Waals surface area contributed by atoms with Crippen molar-refractivity contribution < 1.29 is 4.39 Å². The predicted octanol–water partition coefficient (Wildman–Crippen LogP) is 1.49. The average molecular weight is 206 g/mol. The molecule has 3 N–H and O–H groups in total. The Morgan fingerprint density at radius 2 is 2.20 bits per heavy atom. The Morgan fingerprint density at radius 3 is 2.87 bits per heavy atom. The van der Waals surface area contributed by atoms with Crippen molar-refractivity contribution in [1.82, 2.24) is 5.32 Å². The van der Waals surface area contributed by atoms with Crippen LogP contribution >= 0.6 is 0 Å². The van der Waals surface area contributed by atoms with Crippen molar-refractivity contribution in [2.24, 2.45) is 5.73 Å². The summed E-state index contributed by atoms with van der Waals surface area (Å²) in [5.74, 6) is -0.180. The fourth-order valence-corrected chi connectivity index (χ4v) is 1.82. The van der Waals surface area contributed by atoms with Crippen LogP contribution in [0.4, 0.5) is 4.39 Å². The number of nitrogens with one attached hydrogen (secondary N) is 1. The van der Waals surface area contributed by atoms with E-state index in [2.05, 4.69) is 5.32 Å². The summed E-state index contributed by atoms with van der Waals surface area (Å²) in [5, 5.41) is 3.18. The average Bonchev–Trinajstić information content (AvgIpc) is 2.58. The second-order valence-corrected chi connectivity index (χ2v) is 3.98. The van der Waals surface area contributed by atoms with E-state index in [1.165, 1.54) is 11.6 Å². The second kappa shape index (κ2) is 4.03. The molecule has 1 aromatic rings. The lowest BCUT2D eigenvalue weighted by Gasteiger charge is -2.07. The van der Waals surface area contributed by atoms with Crippen LogP contribution in [-0.2, 0) is 6.42 Å². The summed E-state index contributed by atoms with van der Waals surface area (Å²) in [5.41, 5.74) is 10.1. The molecular weight excluding hydrogens is 191 g/mol. The summed E-state index contributed by atoms with van der Waals surface area (Å²) >= 11 is 0. The van der Waals surface area contributed by atoms with Crippen molar-refractivity contribution in [3.63, 3.8) is 0 Å². The third kappa shape index (κ3) is 2.18. The maximum atomic E-state index is 13.1. The molecule has 0 amide bonds. The third-order valence-electron chi connectivity index (χ3n) is 2.82. The van der Waals surface area contributed by atoms with Crippen LogP contribution in [-0.4, -0.2) is 13.1 Å². The van der Waals surface area contributed by atoms with Crippen LogP contribution in [0.1, 0.15) is 11.1 Å². The van der Waals surface area contributed by atoms with Crippen LogP contribution in [0.5, 0.6) is 0 Å². The summed E-state index contributed by atoms with van der Waals surface area (Å²) < 4.78 is 13.1. The highest BCUT2D eigenvalue weighted by Gasteiger charge is 2.12. The van der Waals surface area contributed by atoms with Crippen molar-refractivity contribution in [3.05, 3.63) is 46.4 Å². The highest BCUT2D eigenvalue weighted by Crippen LogP contribution is 2.17. The normalized spacial score (nSPS) is 16.1. The van der Waals surface area contributed by atoms with E-state index in [4.69, 9.17) is 5.73 Å². The molecule has 2 nitrogen and oxygen atoms in total. The summed E-state index contributed by atoms with van der Waals surface area (Å²) in [6, 6.07) is 4.89. The summed E-state index contributed by atoms with van der Waals surface area (Å²) in [6.07, 6.45) is 0.752. The molecule has 0 saturated heterocycles. The summed E-state index contributed by atoms with van der Waals surface area (Å²) in [6.45, 7) is 3.57. The van der Waals surface area contributed by atoms with Gasteiger partial charge in [-0.15, -0.1) is 0 Å². The van der Waals surface area contributed by atoms with Gasteiger partial charge in [-0.3, -0.25) is 0 Å². The van der Waals surface area contributed by atoms with Gasteiger partial charge in [-0.1, -0.05) is 6.07 Å². The number of hydrogen-bond acceptors (Lipinski definition) is 2. The van der Waals surface area contributed by atoms with Gasteiger partial charge < -0.3 is 11.1 Å². The zero-order valence-electron chi connectivity index (χ0n) is 8.81. The SMILES string of the molecule is Cc1ccc(F)cc1CC1=C(N)CNC1. The quantitative estimate of drug-likeness (QED) is 0.769. The minimum Gasteiger partial charge on any atom is -0.401 e. The summed E-state index contributed by atoms with van der Waals surface area (Å²) in [7, 11) is 0. The summed E-state index contributed by atoms with van der Waals surface area (Å²) in [4.78, 5) is 0. The first-order valence-corrected chi connectivity index (χ1v) is 5.09. The Labute approximate surface area is 89.0 Å². The molecule has 0 saturated carbocycles. The van der Waals surface area contributed by atoms with E-state index in [-0.39, 0.29) is 5.82 Å². The lowest BCUT2D eigenvalue weighted by atomic mass is 10.0. The molecule has 80 valence electrons. The molecule has 0 atom stereocenters. The van der Waals surface area contributed by atoms with Crippen LogP contribution in [0.3, 0.4) is 0 Å². The van der Waals surface area contributed by atoms with Crippen LogP contribution in [0.25, 0.3) is 0 Å². The minimum atomic E-state index is -0.180. The zero-order chi connectivity index (χ0) is 10.8. The monoisotopic (exact) mass is 206 g/mol. The van der Waals surface area contributed by atoms with Gasteiger partial charge in [0.1, 0.15) is 5.82 Å². The van der Waals surface area contributed by atoms with Gasteiger partial charge in [0.25, 0.3) is 0 Å². The van der Waals surface area contributed by atoms with Crippen molar-refractivity contribution in [1.29, 1.82) is 0 Å². The van der Waals surface area contributed by atoms with E-state index >= 15 is 0 Å². The molecule has 1 aromatic carbocycles. The predicted molar refractivity (Wildman–Crippen MR) is 58.9 cm³/mol. The van der Waals surface area contributed by atoms with Crippen molar-refractivity contribution in [3.8, 4) is 0 Å². The van der Waals surface area contributed by atoms with Gasteiger partial charge in [0.15, 0.2) is 0 Å². The first-order valence-electron chi connectivity index (χ1n) is 5.09. The van der Waals surface area contributed by atoms with E-state index in [0.717, 1.165) is 36.3 Å². The van der Waals surface area contributed by atoms with Gasteiger partial charge >= 0.3 is 0 Å². The van der Waals surface area contributed by atoms with Crippen LogP contribution in [0.15, 0.2) is 29.5 Å². The van der Waals surface area contributed by atoms with E-state index in [0.29, 0.717) is 0 Å². The second-order valence-electron chi connectivity index (χ2n) is 3.98. The molecule has 0 fully saturated rings. The molecule has 0 spiro atoms. The van der Waals surface area contributed by atoms with E-state index in [1.54, 1.807) is 6.07 Å². The topological polar surface area (TPSA) is 38.0 Å². The van der Waals surface area contributed by atoms with E-state index < -0.39 is 0 Å². The maximum absolute atomic E-state index is 13.1. The first kappa shape index (κ1) is 10.2. The minimum absolute atomic E-state index is 0.180. The molecule has 0 radical (unpaired) electrons. The molecule has 0 aliphatic carbocycles. The van der Waals surface area contributed by atoms with Crippen molar-refractivity contribution in [2.45, 2.75) is 13.3 Å². The van der Waals surface area contributed by atoms with Gasteiger partial charge in [0.2, 0.25) is 0 Å². The number of benzene rings is 1. The first-order chi connectivity index (χ1) is 7.16. The molecular formula is C12H15FN2. The Hall–Kier alpha value is -1.35. The fraction of sp³-hybridized carbons (Fsp3) is 0.333. The Kier molecular flexibility index (Phi) is 2.73. The lowest BCUT2D eigenvalue weighted by molar-refractivity contribution is 0.625. The maximum Gasteiger partial charge on any atom is 0.123 e. The molecule has 0 unspecified atom stereocenters. The largest absolute Gasteiger partial charge is 0.401 e. The fourth-order valence-electron chi connectivity index (χ4n) is 1.82. The van der Waals surface area contributed by atoms with Crippen molar-refractivity contribution >= 4 is 0 Å². The van der Waals surface area contributed by atoms with Gasteiger partial charge in [-0.05, 0) is 42.2 Å². The molecule has 1 aliphatic rings. The smallest absolute Gasteiger partial charge is 0.123 e.